The lowest BCUT2D eigenvalue weighted by Crippen LogP contribution is -2.25. The van der Waals surface area contributed by atoms with Gasteiger partial charge in [0.1, 0.15) is 34.6 Å². The monoisotopic (exact) mass is 656 g/mol. The topological polar surface area (TPSA) is 18.5 Å². The van der Waals surface area contributed by atoms with Crippen LogP contribution in [0.15, 0.2) is 78.9 Å². The molecule has 0 N–H and O–H groups in total. The van der Waals surface area contributed by atoms with Crippen LogP contribution in [0.1, 0.15) is 69.4 Å². The van der Waals surface area contributed by atoms with Crippen molar-refractivity contribution in [2.24, 2.45) is 5.92 Å². The normalized spacial score (nSPS) is 16.9. The molecule has 0 saturated heterocycles. The van der Waals surface area contributed by atoms with Gasteiger partial charge >= 0.3 is 6.11 Å². The SMILES string of the molecule is C/C=C/CCC1CCC(c2ccc(-c3cc(F)c(C(F)(F)Oc4ccc(-c5ccc(OCC)c(F)c5)c(F)c4)c(F)c3)c(F)c2)CC1. The van der Waals surface area contributed by atoms with Gasteiger partial charge in [0.15, 0.2) is 11.6 Å². The van der Waals surface area contributed by atoms with Gasteiger partial charge in [-0.15, -0.1) is 0 Å². The van der Waals surface area contributed by atoms with E-state index in [4.69, 9.17) is 4.74 Å². The van der Waals surface area contributed by atoms with Crippen molar-refractivity contribution in [2.75, 3.05) is 6.61 Å². The van der Waals surface area contributed by atoms with Crippen LogP contribution in [0.3, 0.4) is 0 Å². The number of hydrogen-bond donors (Lipinski definition) is 0. The Bertz CT molecular complexity index is 1720. The number of benzene rings is 4. The Morgan fingerprint density at radius 2 is 1.36 bits per heavy atom. The molecular weight excluding hydrogens is 621 g/mol. The highest BCUT2D eigenvalue weighted by molar-refractivity contribution is 5.67. The maximum Gasteiger partial charge on any atom is 0.432 e. The molecule has 2 nitrogen and oxygen atoms in total. The minimum Gasteiger partial charge on any atom is -0.491 e. The van der Waals surface area contributed by atoms with Gasteiger partial charge in [-0.25, -0.2) is 22.0 Å². The van der Waals surface area contributed by atoms with Gasteiger partial charge in [-0.2, -0.15) is 8.78 Å². The van der Waals surface area contributed by atoms with Gasteiger partial charge < -0.3 is 9.47 Å². The van der Waals surface area contributed by atoms with Crippen LogP contribution in [0, 0.1) is 35.0 Å². The predicted molar refractivity (Wildman–Crippen MR) is 168 cm³/mol. The second kappa shape index (κ2) is 14.7. The molecule has 1 aliphatic rings. The molecule has 4 aromatic carbocycles. The molecule has 4 aromatic rings. The van der Waals surface area contributed by atoms with Gasteiger partial charge in [0.2, 0.25) is 0 Å². The lowest BCUT2D eigenvalue weighted by molar-refractivity contribution is -0.189. The summed E-state index contributed by atoms with van der Waals surface area (Å²) in [6.07, 6.45) is 5.72. The van der Waals surface area contributed by atoms with Crippen molar-refractivity contribution >= 4 is 0 Å². The first-order chi connectivity index (χ1) is 22.5. The highest BCUT2D eigenvalue weighted by Gasteiger charge is 2.41. The number of halogens is 7. The average Bonchev–Trinajstić information content (AvgIpc) is 3.02. The molecule has 9 heteroatoms. The van der Waals surface area contributed by atoms with Gasteiger partial charge in [0.25, 0.3) is 0 Å². The quantitative estimate of drug-likeness (QED) is 0.118. The van der Waals surface area contributed by atoms with Crippen molar-refractivity contribution < 1.29 is 40.2 Å². The van der Waals surface area contributed by atoms with Crippen LogP contribution in [0.2, 0.25) is 0 Å². The molecule has 0 bridgehead atoms. The minimum absolute atomic E-state index is 0.0325. The van der Waals surface area contributed by atoms with Gasteiger partial charge in [-0.1, -0.05) is 30.4 Å². The van der Waals surface area contributed by atoms with E-state index in [0.29, 0.717) is 24.1 Å². The minimum atomic E-state index is -4.56. The van der Waals surface area contributed by atoms with Crippen molar-refractivity contribution in [2.45, 2.75) is 64.4 Å². The van der Waals surface area contributed by atoms with Crippen LogP contribution >= 0.6 is 0 Å². The molecule has 0 aliphatic heterocycles. The molecule has 0 spiro atoms. The van der Waals surface area contributed by atoms with Gasteiger partial charge in [0, 0.05) is 17.2 Å². The molecule has 0 unspecified atom stereocenters. The van der Waals surface area contributed by atoms with Crippen LogP contribution in [0.5, 0.6) is 11.5 Å². The van der Waals surface area contributed by atoms with Crippen LogP contribution in [0.4, 0.5) is 30.7 Å². The fourth-order valence-electron chi connectivity index (χ4n) is 6.24. The lowest BCUT2D eigenvalue weighted by atomic mass is 9.77. The summed E-state index contributed by atoms with van der Waals surface area (Å²) in [6, 6.07) is 12.1. The van der Waals surface area contributed by atoms with Crippen molar-refractivity contribution in [3.63, 3.8) is 0 Å². The third-order valence-electron chi connectivity index (χ3n) is 8.66. The first-order valence-electron chi connectivity index (χ1n) is 15.7. The summed E-state index contributed by atoms with van der Waals surface area (Å²) >= 11 is 0. The summed E-state index contributed by atoms with van der Waals surface area (Å²) in [7, 11) is 0. The van der Waals surface area contributed by atoms with Crippen molar-refractivity contribution in [1.82, 2.24) is 0 Å². The Labute approximate surface area is 269 Å². The first kappa shape index (κ1) is 34.1. The zero-order valence-electron chi connectivity index (χ0n) is 26.1. The molecule has 47 heavy (non-hydrogen) atoms. The van der Waals surface area contributed by atoms with E-state index in [0.717, 1.165) is 62.3 Å². The Morgan fingerprint density at radius 1 is 0.723 bits per heavy atom. The van der Waals surface area contributed by atoms with Gasteiger partial charge in [-0.3, -0.25) is 0 Å². The molecule has 0 radical (unpaired) electrons. The van der Waals surface area contributed by atoms with Crippen LogP contribution < -0.4 is 9.47 Å². The Morgan fingerprint density at radius 3 is 1.98 bits per heavy atom. The number of allylic oxidation sites excluding steroid dienone is 2. The average molecular weight is 657 g/mol. The van der Waals surface area contributed by atoms with Crippen LogP contribution in [-0.2, 0) is 6.11 Å². The largest absolute Gasteiger partial charge is 0.491 e. The summed E-state index contributed by atoms with van der Waals surface area (Å²) in [5.41, 5.74) is -1.31. The van der Waals surface area contributed by atoms with E-state index in [1.807, 2.05) is 13.0 Å². The second-order valence-electron chi connectivity index (χ2n) is 11.8. The Kier molecular flexibility index (Phi) is 10.6. The van der Waals surface area contributed by atoms with Crippen LogP contribution in [-0.4, -0.2) is 6.61 Å². The van der Waals surface area contributed by atoms with E-state index in [1.165, 1.54) is 24.3 Å². The molecule has 0 atom stereocenters. The van der Waals surface area contributed by atoms with Gasteiger partial charge in [0.05, 0.1) is 6.61 Å². The molecule has 1 fully saturated rings. The van der Waals surface area contributed by atoms with E-state index in [1.54, 1.807) is 13.0 Å². The molecule has 5 rings (SSSR count). The molecular formula is C38H35F7O2. The fraction of sp³-hybridized carbons (Fsp3) is 0.316. The Balaban J connectivity index is 1.30. The molecule has 1 aliphatic carbocycles. The van der Waals surface area contributed by atoms with E-state index in [-0.39, 0.29) is 40.5 Å². The molecule has 0 amide bonds. The zero-order valence-corrected chi connectivity index (χ0v) is 26.1. The summed E-state index contributed by atoms with van der Waals surface area (Å²) in [5, 5.41) is 0. The second-order valence-corrected chi connectivity index (χ2v) is 11.8. The molecule has 248 valence electrons. The van der Waals surface area contributed by atoms with Crippen molar-refractivity contribution in [3.05, 3.63) is 119 Å². The van der Waals surface area contributed by atoms with E-state index in [9.17, 15) is 8.78 Å². The maximum atomic E-state index is 15.2. The van der Waals surface area contributed by atoms with E-state index < -0.39 is 46.5 Å². The number of rotatable bonds is 11. The molecule has 0 aromatic heterocycles. The highest BCUT2D eigenvalue weighted by atomic mass is 19.3. The highest BCUT2D eigenvalue weighted by Crippen LogP contribution is 2.41. The fourth-order valence-corrected chi connectivity index (χ4v) is 6.24. The standard InChI is InChI=1S/C38H35F7O2/c1-3-5-6-7-23-8-10-24(11-9-23)25-12-15-30(31(39)18-25)27-20-34(42)37(35(43)21-27)38(44,45)47-28-14-16-29(32(40)22-28)26-13-17-36(46-4-2)33(41)19-26/h3,5,12-24H,4,6-11H2,1-2H3/b5-3+. The van der Waals surface area contributed by atoms with E-state index in [2.05, 4.69) is 10.8 Å². The number of ether oxygens (including phenoxy) is 2. The number of hydrogen-bond acceptors (Lipinski definition) is 2. The van der Waals surface area contributed by atoms with Crippen molar-refractivity contribution in [1.29, 1.82) is 0 Å². The third-order valence-corrected chi connectivity index (χ3v) is 8.66. The lowest BCUT2D eigenvalue weighted by Gasteiger charge is -2.29. The molecule has 0 heterocycles. The zero-order chi connectivity index (χ0) is 33.7. The maximum absolute atomic E-state index is 15.2. The summed E-state index contributed by atoms with van der Waals surface area (Å²) in [6.45, 7) is 3.89. The van der Waals surface area contributed by atoms with Crippen LogP contribution in [0.25, 0.3) is 22.3 Å². The van der Waals surface area contributed by atoms with Gasteiger partial charge in [-0.05, 0) is 123 Å². The van der Waals surface area contributed by atoms with E-state index >= 15 is 22.0 Å². The summed E-state index contributed by atoms with van der Waals surface area (Å²) < 4.78 is 114. The smallest absolute Gasteiger partial charge is 0.432 e. The Hall–Kier alpha value is -4.27. The third kappa shape index (κ3) is 7.83. The predicted octanol–water partition coefficient (Wildman–Crippen LogP) is 11.9. The molecule has 1 saturated carbocycles. The van der Waals surface area contributed by atoms with Crippen molar-refractivity contribution in [3.8, 4) is 33.8 Å². The number of alkyl halides is 2. The summed E-state index contributed by atoms with van der Waals surface area (Å²) in [4.78, 5) is 0. The first-order valence-corrected chi connectivity index (χ1v) is 15.7. The summed E-state index contributed by atoms with van der Waals surface area (Å²) in [5.74, 6) is -5.76.